The number of hydrogen-bond donors (Lipinski definition) is 0. The van der Waals surface area contributed by atoms with E-state index in [1.807, 2.05) is 49.1 Å². The van der Waals surface area contributed by atoms with Crippen molar-refractivity contribution in [3.63, 3.8) is 0 Å². The number of carbonyl (C=O) groups excluding carboxylic acids is 3. The van der Waals surface area contributed by atoms with Crippen LogP contribution in [-0.2, 0) is 25.7 Å². The van der Waals surface area contributed by atoms with Crippen molar-refractivity contribution >= 4 is 18.0 Å². The summed E-state index contributed by atoms with van der Waals surface area (Å²) in [6.07, 6.45) is 5.74. The van der Waals surface area contributed by atoms with Gasteiger partial charge in [0.2, 0.25) is 5.91 Å². The molecule has 0 radical (unpaired) electrons. The molecule has 1 aliphatic carbocycles. The number of rotatable bonds is 7. The predicted octanol–water partition coefficient (Wildman–Crippen LogP) is 4.15. The van der Waals surface area contributed by atoms with E-state index in [9.17, 15) is 14.4 Å². The van der Waals surface area contributed by atoms with Crippen LogP contribution in [-0.4, -0.2) is 59.5 Å². The van der Waals surface area contributed by atoms with Gasteiger partial charge in [-0.05, 0) is 38.7 Å². The van der Waals surface area contributed by atoms with Gasteiger partial charge in [-0.2, -0.15) is 0 Å². The van der Waals surface area contributed by atoms with Crippen molar-refractivity contribution in [3.8, 4) is 0 Å². The normalized spacial score (nSPS) is 19.5. The number of ether oxygens (including phenoxy) is 2. The summed E-state index contributed by atoms with van der Waals surface area (Å²) in [6.45, 7) is 6.35. The van der Waals surface area contributed by atoms with E-state index in [4.69, 9.17) is 9.47 Å². The number of esters is 1. The standard InChI is InChI=1S/C25H36N2O5/c1-19(28)32-18-25(2,3)23(29)27(21-12-8-5-9-13-21)22-14-15-26(16-22)24(30)31-17-20-10-6-4-7-11-20/h4,6-7,10-11,21-22H,5,8-9,12-18H2,1-3H3/t22-/m0/s1. The molecule has 0 aromatic heterocycles. The number of benzene rings is 1. The van der Waals surface area contributed by atoms with Gasteiger partial charge in [-0.25, -0.2) is 4.79 Å². The van der Waals surface area contributed by atoms with Gasteiger partial charge < -0.3 is 19.3 Å². The number of carbonyl (C=O) groups is 3. The fourth-order valence-electron chi connectivity index (χ4n) is 4.63. The van der Waals surface area contributed by atoms with Crippen molar-refractivity contribution in [2.45, 2.75) is 78.0 Å². The van der Waals surface area contributed by atoms with E-state index < -0.39 is 5.41 Å². The Labute approximate surface area is 191 Å². The topological polar surface area (TPSA) is 76.2 Å². The van der Waals surface area contributed by atoms with Crippen LogP contribution in [0.2, 0.25) is 0 Å². The van der Waals surface area contributed by atoms with Gasteiger partial charge in [0, 0.05) is 26.1 Å². The Hall–Kier alpha value is -2.57. The molecule has 7 heteroatoms. The molecule has 1 saturated heterocycles. The molecule has 0 unspecified atom stereocenters. The summed E-state index contributed by atoms with van der Waals surface area (Å²) >= 11 is 0. The molecule has 2 aliphatic rings. The highest BCUT2D eigenvalue weighted by atomic mass is 16.6. The second-order valence-electron chi connectivity index (χ2n) is 9.60. The minimum absolute atomic E-state index is 0.00449. The summed E-state index contributed by atoms with van der Waals surface area (Å²) in [5.41, 5.74) is 0.132. The summed E-state index contributed by atoms with van der Waals surface area (Å²) in [5, 5.41) is 0. The van der Waals surface area contributed by atoms with Crippen molar-refractivity contribution in [1.29, 1.82) is 0 Å². The zero-order valence-corrected chi connectivity index (χ0v) is 19.5. The van der Waals surface area contributed by atoms with Crippen molar-refractivity contribution in [2.24, 2.45) is 5.41 Å². The molecule has 1 aromatic rings. The summed E-state index contributed by atoms with van der Waals surface area (Å²) in [4.78, 5) is 41.3. The molecule has 1 atom stereocenters. The Morgan fingerprint density at radius 3 is 2.34 bits per heavy atom. The zero-order valence-electron chi connectivity index (χ0n) is 19.5. The number of hydrogen-bond acceptors (Lipinski definition) is 5. The zero-order chi connectivity index (χ0) is 23.1. The molecule has 3 rings (SSSR count). The average Bonchev–Trinajstić information content (AvgIpc) is 3.27. The molecule has 1 aromatic carbocycles. The molecule has 32 heavy (non-hydrogen) atoms. The summed E-state index contributed by atoms with van der Waals surface area (Å²) < 4.78 is 10.7. The second-order valence-corrected chi connectivity index (χ2v) is 9.60. The maximum Gasteiger partial charge on any atom is 0.410 e. The number of likely N-dealkylation sites (tertiary alicyclic amines) is 1. The minimum atomic E-state index is -0.815. The molecular weight excluding hydrogens is 408 g/mol. The quantitative estimate of drug-likeness (QED) is 0.591. The highest BCUT2D eigenvalue weighted by Crippen LogP contribution is 2.32. The van der Waals surface area contributed by atoms with Gasteiger partial charge in [-0.1, -0.05) is 49.6 Å². The molecule has 1 heterocycles. The van der Waals surface area contributed by atoms with Crippen LogP contribution in [0.5, 0.6) is 0 Å². The van der Waals surface area contributed by atoms with Crippen molar-refractivity contribution in [1.82, 2.24) is 9.80 Å². The molecule has 0 bridgehead atoms. The Bertz CT molecular complexity index is 789. The number of amides is 2. The summed E-state index contributed by atoms with van der Waals surface area (Å²) in [5.74, 6) is -0.390. The summed E-state index contributed by atoms with van der Waals surface area (Å²) in [6, 6.07) is 9.73. The Morgan fingerprint density at radius 2 is 1.69 bits per heavy atom. The maximum atomic E-state index is 13.7. The van der Waals surface area contributed by atoms with Crippen LogP contribution >= 0.6 is 0 Å². The van der Waals surface area contributed by atoms with Crippen LogP contribution in [0.15, 0.2) is 30.3 Å². The van der Waals surface area contributed by atoms with Crippen molar-refractivity contribution in [3.05, 3.63) is 35.9 Å². The molecule has 176 valence electrons. The van der Waals surface area contributed by atoms with Crippen LogP contribution in [0.25, 0.3) is 0 Å². The van der Waals surface area contributed by atoms with Gasteiger partial charge in [-0.3, -0.25) is 9.59 Å². The summed E-state index contributed by atoms with van der Waals surface area (Å²) in [7, 11) is 0. The molecule has 0 N–H and O–H groups in total. The first kappa shape index (κ1) is 24.1. The van der Waals surface area contributed by atoms with Gasteiger partial charge in [0.25, 0.3) is 0 Å². The van der Waals surface area contributed by atoms with E-state index in [0.717, 1.165) is 37.7 Å². The van der Waals surface area contributed by atoms with Gasteiger partial charge in [0.15, 0.2) is 0 Å². The lowest BCUT2D eigenvalue weighted by atomic mass is 9.87. The van der Waals surface area contributed by atoms with Crippen LogP contribution in [0, 0.1) is 5.41 Å². The molecule has 2 fully saturated rings. The average molecular weight is 445 g/mol. The van der Waals surface area contributed by atoms with Crippen molar-refractivity contribution < 1.29 is 23.9 Å². The van der Waals surface area contributed by atoms with E-state index >= 15 is 0 Å². The third-order valence-corrected chi connectivity index (χ3v) is 6.44. The Morgan fingerprint density at radius 1 is 1.00 bits per heavy atom. The predicted molar refractivity (Wildman–Crippen MR) is 121 cm³/mol. The lowest BCUT2D eigenvalue weighted by Gasteiger charge is -2.42. The fourth-order valence-corrected chi connectivity index (χ4v) is 4.63. The van der Waals surface area contributed by atoms with Crippen LogP contribution in [0.1, 0.15) is 64.9 Å². The number of nitrogens with zero attached hydrogens (tertiary/aromatic N) is 2. The maximum absolute atomic E-state index is 13.7. The lowest BCUT2D eigenvalue weighted by molar-refractivity contribution is -0.155. The van der Waals surface area contributed by atoms with Gasteiger partial charge in [0.1, 0.15) is 13.2 Å². The lowest BCUT2D eigenvalue weighted by Crippen LogP contribution is -2.54. The first-order valence-electron chi connectivity index (χ1n) is 11.7. The van der Waals surface area contributed by atoms with Gasteiger partial charge in [-0.15, -0.1) is 0 Å². The van der Waals surface area contributed by atoms with Gasteiger partial charge in [0.05, 0.1) is 11.5 Å². The van der Waals surface area contributed by atoms with Crippen LogP contribution in [0.3, 0.4) is 0 Å². The van der Waals surface area contributed by atoms with E-state index in [1.165, 1.54) is 13.3 Å². The fraction of sp³-hybridized carbons (Fsp3) is 0.640. The van der Waals surface area contributed by atoms with Gasteiger partial charge >= 0.3 is 12.1 Å². The molecular formula is C25H36N2O5. The minimum Gasteiger partial charge on any atom is -0.465 e. The Kier molecular flexibility index (Phi) is 8.15. The molecule has 7 nitrogen and oxygen atoms in total. The van der Waals surface area contributed by atoms with E-state index in [0.29, 0.717) is 13.1 Å². The largest absolute Gasteiger partial charge is 0.465 e. The smallest absolute Gasteiger partial charge is 0.410 e. The van der Waals surface area contributed by atoms with Crippen molar-refractivity contribution in [2.75, 3.05) is 19.7 Å². The molecule has 1 aliphatic heterocycles. The highest BCUT2D eigenvalue weighted by molar-refractivity contribution is 5.83. The Balaban J connectivity index is 1.66. The first-order valence-corrected chi connectivity index (χ1v) is 11.7. The third-order valence-electron chi connectivity index (χ3n) is 6.44. The molecule has 2 amide bonds. The van der Waals surface area contributed by atoms with E-state index in [2.05, 4.69) is 0 Å². The third kappa shape index (κ3) is 6.24. The van der Waals surface area contributed by atoms with Crippen LogP contribution in [0.4, 0.5) is 4.79 Å². The monoisotopic (exact) mass is 444 g/mol. The van der Waals surface area contributed by atoms with Crippen LogP contribution < -0.4 is 0 Å². The van der Waals surface area contributed by atoms with E-state index in [1.54, 1.807) is 4.90 Å². The SMILES string of the molecule is CC(=O)OCC(C)(C)C(=O)N(C1CCCCC1)[C@H]1CCN(C(=O)OCc2ccccc2)C1. The first-order chi connectivity index (χ1) is 15.3. The molecule has 0 spiro atoms. The van der Waals surface area contributed by atoms with E-state index in [-0.39, 0.29) is 43.3 Å². The highest BCUT2D eigenvalue weighted by Gasteiger charge is 2.43. The second kappa shape index (κ2) is 10.8. The molecule has 1 saturated carbocycles.